The third-order valence-electron chi connectivity index (χ3n) is 12.6. The molecule has 3 aliphatic rings. The summed E-state index contributed by atoms with van der Waals surface area (Å²) in [5.74, 6) is -2.48. The van der Waals surface area contributed by atoms with E-state index in [1.165, 1.54) is 0 Å². The number of ether oxygens (including phenoxy) is 3. The molecule has 272 valence electrons. The van der Waals surface area contributed by atoms with Crippen molar-refractivity contribution in [3.8, 4) is 0 Å². The fourth-order valence-corrected chi connectivity index (χ4v) is 8.91. The van der Waals surface area contributed by atoms with Crippen LogP contribution >= 0.6 is 0 Å². The normalized spacial score (nSPS) is 27.8. The van der Waals surface area contributed by atoms with Gasteiger partial charge < -0.3 is 14.2 Å². The predicted octanol–water partition coefficient (Wildman–Crippen LogP) is 6.60. The van der Waals surface area contributed by atoms with Crippen molar-refractivity contribution in [3.05, 3.63) is 0 Å². The van der Waals surface area contributed by atoms with E-state index >= 15 is 0 Å². The van der Waals surface area contributed by atoms with Gasteiger partial charge in [0.25, 0.3) is 0 Å². The van der Waals surface area contributed by atoms with Crippen LogP contribution in [0.1, 0.15) is 141 Å². The van der Waals surface area contributed by atoms with E-state index in [0.717, 1.165) is 12.8 Å². The van der Waals surface area contributed by atoms with Crippen molar-refractivity contribution in [1.82, 2.24) is 14.7 Å². The molecule has 3 saturated heterocycles. The van der Waals surface area contributed by atoms with Gasteiger partial charge >= 0.3 is 17.9 Å². The molecule has 3 heterocycles. The van der Waals surface area contributed by atoms with Gasteiger partial charge in [0.1, 0.15) is 18.3 Å². The number of carbonyl (C=O) groups is 3. The molecule has 0 aromatic heterocycles. The molecule has 0 spiro atoms. The van der Waals surface area contributed by atoms with E-state index in [1.54, 1.807) is 0 Å². The molecule has 9 heteroatoms. The standard InChI is InChI=1S/C38H69N3O6/c1-25(17-30(42)45-26-19-33(2,3)39(14)34(4,5)20-26)29(32(44)47-28-23-37(10,11)41(16)38(12,13)24-28)18-31(43)46-27-21-35(6,7)40(15)36(8,9)22-27/h25-29H,17-24H2,1-16H3. The van der Waals surface area contributed by atoms with Gasteiger partial charge in [0.15, 0.2) is 0 Å². The molecule has 0 radical (unpaired) electrons. The van der Waals surface area contributed by atoms with Crippen LogP contribution < -0.4 is 0 Å². The highest BCUT2D eigenvalue weighted by atomic mass is 16.6. The molecule has 2 atom stereocenters. The first-order valence-corrected chi connectivity index (χ1v) is 17.9. The molecular formula is C38H69N3O6. The Hall–Kier alpha value is -1.71. The lowest BCUT2D eigenvalue weighted by molar-refractivity contribution is -0.173. The van der Waals surface area contributed by atoms with Gasteiger partial charge in [-0.25, -0.2) is 0 Å². The maximum Gasteiger partial charge on any atom is 0.310 e. The molecule has 0 bridgehead atoms. The van der Waals surface area contributed by atoms with E-state index in [2.05, 4.69) is 119 Å². The highest BCUT2D eigenvalue weighted by Gasteiger charge is 2.48. The molecule has 0 aromatic carbocycles. The Kier molecular flexibility index (Phi) is 11.4. The zero-order valence-electron chi connectivity index (χ0n) is 32.8. The van der Waals surface area contributed by atoms with Crippen molar-refractivity contribution in [1.29, 1.82) is 0 Å². The summed E-state index contributed by atoms with van der Waals surface area (Å²) < 4.78 is 18.4. The Morgan fingerprint density at radius 1 is 0.511 bits per heavy atom. The summed E-state index contributed by atoms with van der Waals surface area (Å²) in [5, 5.41) is 0. The Labute approximate surface area is 286 Å². The van der Waals surface area contributed by atoms with Gasteiger partial charge in [-0.3, -0.25) is 29.1 Å². The van der Waals surface area contributed by atoms with Crippen molar-refractivity contribution in [2.75, 3.05) is 21.1 Å². The zero-order chi connectivity index (χ0) is 36.1. The Bertz CT molecular complexity index is 1100. The second-order valence-corrected chi connectivity index (χ2v) is 19.1. The van der Waals surface area contributed by atoms with Crippen LogP contribution in [0.15, 0.2) is 0 Å². The van der Waals surface area contributed by atoms with Crippen LogP contribution in [-0.4, -0.2) is 105 Å². The summed E-state index contributed by atoms with van der Waals surface area (Å²) in [5.41, 5.74) is -0.873. The van der Waals surface area contributed by atoms with E-state index in [0.29, 0.717) is 25.7 Å². The lowest BCUT2D eigenvalue weighted by Crippen LogP contribution is -2.60. The molecule has 0 aromatic rings. The average Bonchev–Trinajstić information content (AvgIpc) is 2.86. The minimum atomic E-state index is -0.821. The Morgan fingerprint density at radius 2 is 0.766 bits per heavy atom. The van der Waals surface area contributed by atoms with Gasteiger partial charge in [0.05, 0.1) is 12.3 Å². The van der Waals surface area contributed by atoms with E-state index < -0.39 is 23.8 Å². The van der Waals surface area contributed by atoms with E-state index in [-0.39, 0.29) is 70.4 Å². The third kappa shape index (κ3) is 9.30. The first-order chi connectivity index (χ1) is 21.1. The summed E-state index contributed by atoms with van der Waals surface area (Å²) in [7, 11) is 6.35. The topological polar surface area (TPSA) is 88.6 Å². The lowest BCUT2D eigenvalue weighted by Gasteiger charge is -2.53. The first-order valence-electron chi connectivity index (χ1n) is 17.9. The molecule has 0 saturated carbocycles. The Balaban J connectivity index is 1.77. The largest absolute Gasteiger partial charge is 0.462 e. The molecular weight excluding hydrogens is 594 g/mol. The third-order valence-corrected chi connectivity index (χ3v) is 12.6. The number of esters is 3. The number of likely N-dealkylation sites (tertiary alicyclic amines) is 3. The van der Waals surface area contributed by atoms with Crippen molar-refractivity contribution in [3.63, 3.8) is 0 Å². The second-order valence-electron chi connectivity index (χ2n) is 19.1. The van der Waals surface area contributed by atoms with Gasteiger partial charge in [0, 0.05) is 78.2 Å². The van der Waals surface area contributed by atoms with Crippen molar-refractivity contribution < 1.29 is 28.6 Å². The maximum atomic E-state index is 14.0. The van der Waals surface area contributed by atoms with Crippen molar-refractivity contribution >= 4 is 17.9 Å². The summed E-state index contributed by atoms with van der Waals surface area (Å²) in [4.78, 5) is 48.0. The molecule has 2 unspecified atom stereocenters. The number of carbonyl (C=O) groups excluding carboxylic acids is 3. The molecule has 3 fully saturated rings. The number of piperidine rings is 3. The van der Waals surface area contributed by atoms with Crippen LogP contribution in [0.4, 0.5) is 0 Å². The van der Waals surface area contributed by atoms with Crippen LogP contribution in [0.2, 0.25) is 0 Å². The fourth-order valence-electron chi connectivity index (χ4n) is 8.91. The van der Waals surface area contributed by atoms with E-state index in [4.69, 9.17) is 14.2 Å². The predicted molar refractivity (Wildman–Crippen MR) is 187 cm³/mol. The van der Waals surface area contributed by atoms with Gasteiger partial charge in [0.2, 0.25) is 0 Å². The highest BCUT2D eigenvalue weighted by Crippen LogP contribution is 2.41. The number of hydrogen-bond acceptors (Lipinski definition) is 9. The second kappa shape index (κ2) is 13.5. The minimum absolute atomic E-state index is 0.0267. The van der Waals surface area contributed by atoms with Crippen LogP contribution in [0, 0.1) is 11.8 Å². The van der Waals surface area contributed by atoms with Crippen LogP contribution in [0.25, 0.3) is 0 Å². The summed E-state index contributed by atoms with van der Waals surface area (Å²) in [6, 6.07) is 0. The monoisotopic (exact) mass is 664 g/mol. The van der Waals surface area contributed by atoms with Gasteiger partial charge in [-0.15, -0.1) is 0 Å². The number of nitrogens with zero attached hydrogens (tertiary/aromatic N) is 3. The molecule has 3 aliphatic heterocycles. The van der Waals surface area contributed by atoms with Crippen molar-refractivity contribution in [2.45, 2.75) is 193 Å². The van der Waals surface area contributed by atoms with E-state index in [9.17, 15) is 14.4 Å². The van der Waals surface area contributed by atoms with Gasteiger partial charge in [-0.2, -0.15) is 0 Å². The van der Waals surface area contributed by atoms with Crippen LogP contribution in [-0.2, 0) is 28.6 Å². The summed E-state index contributed by atoms with van der Waals surface area (Å²) in [6.07, 6.45) is 3.39. The SMILES string of the molecule is CC(CC(=O)OC1CC(C)(C)N(C)C(C)(C)C1)C(CC(=O)OC1CC(C)(C)N(C)C(C)(C)C1)C(=O)OC1CC(C)(C)N(C)C(C)(C)C1. The maximum absolute atomic E-state index is 14.0. The highest BCUT2D eigenvalue weighted by molar-refractivity contribution is 5.81. The van der Waals surface area contributed by atoms with Crippen molar-refractivity contribution in [2.24, 2.45) is 11.8 Å². The minimum Gasteiger partial charge on any atom is -0.462 e. The molecule has 0 aliphatic carbocycles. The molecule has 0 amide bonds. The summed E-state index contributed by atoms with van der Waals surface area (Å²) in [6.45, 7) is 27.9. The smallest absolute Gasteiger partial charge is 0.310 e. The first kappa shape index (κ1) is 39.7. The molecule has 3 rings (SSSR count). The number of hydrogen-bond donors (Lipinski definition) is 0. The molecule has 0 N–H and O–H groups in total. The van der Waals surface area contributed by atoms with Gasteiger partial charge in [-0.05, 0) is 110 Å². The Morgan fingerprint density at radius 3 is 1.06 bits per heavy atom. The van der Waals surface area contributed by atoms with Crippen LogP contribution in [0.3, 0.4) is 0 Å². The molecule has 47 heavy (non-hydrogen) atoms. The fraction of sp³-hybridized carbons (Fsp3) is 0.921. The zero-order valence-corrected chi connectivity index (χ0v) is 32.8. The van der Waals surface area contributed by atoms with E-state index in [1.807, 2.05) is 6.92 Å². The average molecular weight is 664 g/mol. The summed E-state index contributed by atoms with van der Waals surface area (Å²) >= 11 is 0. The lowest BCUT2D eigenvalue weighted by atomic mass is 9.78. The number of rotatable bonds is 9. The molecule has 9 nitrogen and oxygen atoms in total. The van der Waals surface area contributed by atoms with Gasteiger partial charge in [-0.1, -0.05) is 6.92 Å². The van der Waals surface area contributed by atoms with Crippen LogP contribution in [0.5, 0.6) is 0 Å². The quantitative estimate of drug-likeness (QED) is 0.200.